The number of carbonyl (C=O) groups is 1. The maximum atomic E-state index is 13.2. The van der Waals surface area contributed by atoms with Crippen molar-refractivity contribution in [1.29, 1.82) is 0 Å². The highest BCUT2D eigenvalue weighted by Gasteiger charge is 2.19. The molecule has 0 N–H and O–H groups in total. The van der Waals surface area contributed by atoms with E-state index in [2.05, 4.69) is 5.10 Å². The zero-order valence-corrected chi connectivity index (χ0v) is 10.4. The van der Waals surface area contributed by atoms with Gasteiger partial charge in [-0.05, 0) is 25.1 Å². The van der Waals surface area contributed by atoms with E-state index in [1.807, 2.05) is 0 Å². The Labute approximate surface area is 104 Å². The monoisotopic (exact) mass is 248 g/mol. The zero-order chi connectivity index (χ0) is 13.3. The maximum absolute atomic E-state index is 13.2. The molecular weight excluding hydrogens is 235 g/mol. The molecule has 4 nitrogen and oxygen atoms in total. The molecule has 0 unspecified atom stereocenters. The second kappa shape index (κ2) is 4.60. The van der Waals surface area contributed by atoms with Gasteiger partial charge in [-0.3, -0.25) is 9.48 Å². The van der Waals surface area contributed by atoms with Crippen LogP contribution in [0.3, 0.4) is 0 Å². The molecule has 2 aromatic rings. The van der Waals surface area contributed by atoms with Gasteiger partial charge in [0.2, 0.25) is 0 Å². The topological polar surface area (TPSA) is 44.1 Å². The minimum absolute atomic E-state index is 0.202. The van der Waals surface area contributed by atoms with Gasteiger partial charge in [-0.25, -0.2) is 4.39 Å². The quantitative estimate of drug-likeness (QED) is 0.781. The van der Waals surface area contributed by atoms with Crippen LogP contribution in [-0.2, 0) is 7.05 Å². The van der Waals surface area contributed by atoms with Gasteiger partial charge in [-0.1, -0.05) is 0 Å². The second-order valence-electron chi connectivity index (χ2n) is 3.94. The fourth-order valence-electron chi connectivity index (χ4n) is 1.72. The van der Waals surface area contributed by atoms with Crippen molar-refractivity contribution in [3.05, 3.63) is 47.0 Å². The van der Waals surface area contributed by atoms with Crippen LogP contribution in [-0.4, -0.2) is 22.7 Å². The molecule has 1 heterocycles. The lowest BCUT2D eigenvalue weighted by molar-refractivity contribution is 0.103. The fraction of sp³-hybridized carbons (Fsp3) is 0.231. The van der Waals surface area contributed by atoms with E-state index in [9.17, 15) is 9.18 Å². The van der Waals surface area contributed by atoms with Crippen molar-refractivity contribution in [2.45, 2.75) is 6.92 Å². The van der Waals surface area contributed by atoms with Crippen molar-refractivity contribution in [3.8, 4) is 5.75 Å². The smallest absolute Gasteiger partial charge is 0.200 e. The predicted molar refractivity (Wildman–Crippen MR) is 64.3 cm³/mol. The van der Waals surface area contributed by atoms with Gasteiger partial charge in [0.15, 0.2) is 5.78 Å². The number of nitrogens with zero attached hydrogens (tertiary/aromatic N) is 2. The first-order valence-electron chi connectivity index (χ1n) is 5.41. The molecule has 1 aromatic heterocycles. The Morgan fingerprint density at radius 2 is 2.11 bits per heavy atom. The van der Waals surface area contributed by atoms with Gasteiger partial charge >= 0.3 is 0 Å². The summed E-state index contributed by atoms with van der Waals surface area (Å²) in [7, 11) is 3.19. The number of ether oxygens (including phenoxy) is 1. The minimum Gasteiger partial charge on any atom is -0.496 e. The third-order valence-electron chi connectivity index (χ3n) is 2.89. The minimum atomic E-state index is -0.472. The molecule has 18 heavy (non-hydrogen) atoms. The Morgan fingerprint density at radius 1 is 1.39 bits per heavy atom. The van der Waals surface area contributed by atoms with E-state index in [1.54, 1.807) is 18.7 Å². The number of ketones is 1. The van der Waals surface area contributed by atoms with Crippen molar-refractivity contribution >= 4 is 5.78 Å². The van der Waals surface area contributed by atoms with E-state index in [0.717, 1.165) is 5.69 Å². The van der Waals surface area contributed by atoms with Crippen molar-refractivity contribution in [2.24, 2.45) is 7.05 Å². The molecule has 0 fully saturated rings. The third-order valence-corrected chi connectivity index (χ3v) is 2.89. The van der Waals surface area contributed by atoms with Crippen molar-refractivity contribution < 1.29 is 13.9 Å². The molecule has 0 spiro atoms. The van der Waals surface area contributed by atoms with Crippen LogP contribution in [0.4, 0.5) is 4.39 Å². The highest BCUT2D eigenvalue weighted by molar-refractivity contribution is 6.11. The number of halogens is 1. The van der Waals surface area contributed by atoms with E-state index in [-0.39, 0.29) is 11.3 Å². The average Bonchev–Trinajstić information content (AvgIpc) is 2.69. The number of hydrogen-bond donors (Lipinski definition) is 0. The molecule has 0 aliphatic rings. The van der Waals surface area contributed by atoms with E-state index in [4.69, 9.17) is 4.74 Å². The molecule has 0 atom stereocenters. The fourth-order valence-corrected chi connectivity index (χ4v) is 1.72. The molecule has 2 rings (SSSR count). The molecule has 0 aliphatic heterocycles. The number of aryl methyl sites for hydroxylation is 1. The van der Waals surface area contributed by atoms with Gasteiger partial charge in [0.25, 0.3) is 0 Å². The van der Waals surface area contributed by atoms with Crippen LogP contribution in [0.25, 0.3) is 0 Å². The number of rotatable bonds is 3. The van der Waals surface area contributed by atoms with Gasteiger partial charge in [-0.2, -0.15) is 5.10 Å². The summed E-state index contributed by atoms with van der Waals surface area (Å²) in [5, 5.41) is 4.00. The highest BCUT2D eigenvalue weighted by Crippen LogP contribution is 2.23. The molecule has 94 valence electrons. The van der Waals surface area contributed by atoms with E-state index in [0.29, 0.717) is 11.3 Å². The lowest BCUT2D eigenvalue weighted by Crippen LogP contribution is -2.06. The summed E-state index contributed by atoms with van der Waals surface area (Å²) in [5.74, 6) is -0.415. The Kier molecular flexibility index (Phi) is 3.14. The van der Waals surface area contributed by atoms with E-state index >= 15 is 0 Å². The third kappa shape index (κ3) is 1.99. The molecule has 0 bridgehead atoms. The number of aromatic nitrogens is 2. The molecule has 0 amide bonds. The summed E-state index contributed by atoms with van der Waals surface area (Å²) >= 11 is 0. The first-order chi connectivity index (χ1) is 8.54. The summed E-state index contributed by atoms with van der Waals surface area (Å²) in [6.45, 7) is 1.78. The van der Waals surface area contributed by atoms with Gasteiger partial charge in [0, 0.05) is 12.7 Å². The van der Waals surface area contributed by atoms with Gasteiger partial charge in [0.05, 0.1) is 24.4 Å². The summed E-state index contributed by atoms with van der Waals surface area (Å²) in [4.78, 5) is 12.3. The summed E-state index contributed by atoms with van der Waals surface area (Å²) in [6, 6.07) is 3.87. The van der Waals surface area contributed by atoms with Crippen molar-refractivity contribution in [1.82, 2.24) is 9.78 Å². The Bertz CT molecular complexity index is 605. The Morgan fingerprint density at radius 3 is 2.67 bits per heavy atom. The van der Waals surface area contributed by atoms with Gasteiger partial charge in [-0.15, -0.1) is 0 Å². The number of hydrogen-bond acceptors (Lipinski definition) is 3. The molecule has 1 aromatic carbocycles. The van der Waals surface area contributed by atoms with Gasteiger partial charge in [0.1, 0.15) is 11.6 Å². The van der Waals surface area contributed by atoms with Crippen molar-refractivity contribution in [2.75, 3.05) is 7.11 Å². The van der Waals surface area contributed by atoms with Crippen LogP contribution in [0.1, 0.15) is 21.6 Å². The predicted octanol–water partition coefficient (Wildman–Crippen LogP) is 2.11. The SMILES string of the molecule is COc1ccc(F)cc1C(=O)c1cnn(C)c1C. The molecule has 0 saturated carbocycles. The highest BCUT2D eigenvalue weighted by atomic mass is 19.1. The zero-order valence-electron chi connectivity index (χ0n) is 10.4. The van der Waals surface area contributed by atoms with Crippen LogP contribution in [0.15, 0.2) is 24.4 Å². The summed E-state index contributed by atoms with van der Waals surface area (Å²) in [6.07, 6.45) is 1.47. The van der Waals surface area contributed by atoms with E-state index in [1.165, 1.54) is 31.5 Å². The molecule has 0 aliphatic carbocycles. The first kappa shape index (κ1) is 12.3. The lowest BCUT2D eigenvalue weighted by atomic mass is 10.0. The van der Waals surface area contributed by atoms with Crippen LogP contribution in [0.5, 0.6) is 5.75 Å². The first-order valence-corrected chi connectivity index (χ1v) is 5.41. The normalized spacial score (nSPS) is 10.4. The largest absolute Gasteiger partial charge is 0.496 e. The van der Waals surface area contributed by atoms with Crippen LogP contribution in [0.2, 0.25) is 0 Å². The van der Waals surface area contributed by atoms with Crippen LogP contribution in [0, 0.1) is 12.7 Å². The van der Waals surface area contributed by atoms with Crippen LogP contribution >= 0.6 is 0 Å². The standard InChI is InChI=1S/C13H13FN2O2/c1-8-11(7-15-16(8)2)13(17)10-6-9(14)4-5-12(10)18-3/h4-7H,1-3H3. The number of carbonyl (C=O) groups excluding carboxylic acids is 1. The van der Waals surface area contributed by atoms with Crippen LogP contribution < -0.4 is 4.74 Å². The molecule has 0 radical (unpaired) electrons. The van der Waals surface area contributed by atoms with E-state index < -0.39 is 5.82 Å². The number of methoxy groups -OCH3 is 1. The van der Waals surface area contributed by atoms with Gasteiger partial charge < -0.3 is 4.74 Å². The summed E-state index contributed by atoms with van der Waals surface area (Å²) < 4.78 is 19.9. The molecule has 0 saturated heterocycles. The lowest BCUT2D eigenvalue weighted by Gasteiger charge is -2.07. The average molecular weight is 248 g/mol. The molecule has 5 heteroatoms. The molecular formula is C13H13FN2O2. The van der Waals surface area contributed by atoms with Crippen molar-refractivity contribution in [3.63, 3.8) is 0 Å². The maximum Gasteiger partial charge on any atom is 0.200 e. The Balaban J connectivity index is 2.52. The Hall–Kier alpha value is -2.17. The second-order valence-corrected chi connectivity index (χ2v) is 3.94. The summed E-state index contributed by atoms with van der Waals surface area (Å²) in [5.41, 5.74) is 1.38. The number of benzene rings is 1.